The molecule has 3 aromatic carbocycles. The fraction of sp³-hybridized carbons (Fsp3) is 0.179. The molecule has 1 heterocycles. The van der Waals surface area contributed by atoms with E-state index in [1.165, 1.54) is 0 Å². The second-order valence-corrected chi connectivity index (χ2v) is 8.22. The largest absolute Gasteiger partial charge is 0.445 e. The van der Waals surface area contributed by atoms with Gasteiger partial charge in [0, 0.05) is 31.9 Å². The van der Waals surface area contributed by atoms with Crippen LogP contribution in [0.15, 0.2) is 104 Å². The molecule has 0 fully saturated rings. The summed E-state index contributed by atoms with van der Waals surface area (Å²) in [6, 6.07) is 26.2. The van der Waals surface area contributed by atoms with E-state index in [0.29, 0.717) is 19.5 Å². The topological polar surface area (TPSA) is 85.3 Å². The number of rotatable bonds is 10. The first-order valence-corrected chi connectivity index (χ1v) is 11.5. The van der Waals surface area contributed by atoms with Gasteiger partial charge in [-0.25, -0.2) is 9.78 Å². The Balaban J connectivity index is 1.37. The fourth-order valence-corrected chi connectivity index (χ4v) is 3.71. The maximum atomic E-state index is 13.1. The van der Waals surface area contributed by atoms with Crippen LogP contribution >= 0.6 is 0 Å². The van der Waals surface area contributed by atoms with E-state index in [2.05, 4.69) is 15.6 Å². The molecule has 7 nitrogen and oxygen atoms in total. The summed E-state index contributed by atoms with van der Waals surface area (Å²) in [7, 11) is 0. The summed E-state index contributed by atoms with van der Waals surface area (Å²) in [4.78, 5) is 29.6. The molecule has 4 aromatic rings. The molecule has 1 aromatic heterocycles. The molecule has 0 unspecified atom stereocenters. The lowest BCUT2D eigenvalue weighted by Gasteiger charge is -2.19. The van der Waals surface area contributed by atoms with Gasteiger partial charge in [-0.15, -0.1) is 0 Å². The van der Waals surface area contributed by atoms with Crippen molar-refractivity contribution < 1.29 is 14.3 Å². The SMILES string of the molecule is O=C(N[C@@H](Cc1ccccc1)C(=O)NCc1cccc(Cn2ccnc2)c1)OCc1ccccc1. The van der Waals surface area contributed by atoms with E-state index < -0.39 is 12.1 Å². The van der Waals surface area contributed by atoms with Crippen molar-refractivity contribution in [2.75, 3.05) is 0 Å². The van der Waals surface area contributed by atoms with E-state index in [9.17, 15) is 9.59 Å². The lowest BCUT2D eigenvalue weighted by molar-refractivity contribution is -0.123. The van der Waals surface area contributed by atoms with Crippen molar-refractivity contribution in [1.29, 1.82) is 0 Å². The monoisotopic (exact) mass is 468 g/mol. The average molecular weight is 469 g/mol. The Kier molecular flexibility index (Phi) is 8.27. The van der Waals surface area contributed by atoms with Gasteiger partial charge in [-0.3, -0.25) is 4.79 Å². The zero-order chi connectivity index (χ0) is 24.3. The highest BCUT2D eigenvalue weighted by molar-refractivity contribution is 5.85. The minimum Gasteiger partial charge on any atom is -0.445 e. The van der Waals surface area contributed by atoms with Crippen molar-refractivity contribution in [2.45, 2.75) is 32.2 Å². The quantitative estimate of drug-likeness (QED) is 0.367. The van der Waals surface area contributed by atoms with Crippen molar-refractivity contribution in [2.24, 2.45) is 0 Å². The molecule has 0 spiro atoms. The third-order valence-electron chi connectivity index (χ3n) is 5.49. The highest BCUT2D eigenvalue weighted by Gasteiger charge is 2.22. The first-order chi connectivity index (χ1) is 17.2. The molecule has 0 aliphatic rings. The second-order valence-electron chi connectivity index (χ2n) is 8.22. The van der Waals surface area contributed by atoms with Crippen LogP contribution < -0.4 is 10.6 Å². The number of nitrogens with one attached hydrogen (secondary N) is 2. The molecule has 4 rings (SSSR count). The Bertz CT molecular complexity index is 1210. The summed E-state index contributed by atoms with van der Waals surface area (Å²) in [5.41, 5.74) is 3.90. The molecule has 178 valence electrons. The van der Waals surface area contributed by atoms with Gasteiger partial charge in [0.25, 0.3) is 0 Å². The van der Waals surface area contributed by atoms with Crippen molar-refractivity contribution in [3.05, 3.63) is 126 Å². The number of carbonyl (C=O) groups is 2. The molecule has 0 bridgehead atoms. The van der Waals surface area contributed by atoms with Crippen molar-refractivity contribution in [3.63, 3.8) is 0 Å². The Morgan fingerprint density at radius 1 is 0.857 bits per heavy atom. The normalized spacial score (nSPS) is 11.4. The molecular weight excluding hydrogens is 440 g/mol. The van der Waals surface area contributed by atoms with E-state index in [0.717, 1.165) is 22.3 Å². The van der Waals surface area contributed by atoms with Crippen LogP contribution in [0.2, 0.25) is 0 Å². The van der Waals surface area contributed by atoms with Gasteiger partial charge in [0.05, 0.1) is 6.33 Å². The van der Waals surface area contributed by atoms with Crippen LogP contribution in [-0.4, -0.2) is 27.6 Å². The Morgan fingerprint density at radius 3 is 2.26 bits per heavy atom. The standard InChI is InChI=1S/C28H28N4O3/c33-27(30-18-24-12-7-13-25(16-24)19-32-15-14-29-21-32)26(17-22-8-3-1-4-9-22)31-28(34)35-20-23-10-5-2-6-11-23/h1-16,21,26H,17-20H2,(H,30,33)(H,31,34)/t26-/m0/s1. The van der Waals surface area contributed by atoms with Gasteiger partial charge >= 0.3 is 6.09 Å². The molecule has 0 saturated heterocycles. The van der Waals surface area contributed by atoms with E-state index in [-0.39, 0.29) is 12.5 Å². The van der Waals surface area contributed by atoms with Crippen molar-refractivity contribution in [1.82, 2.24) is 20.2 Å². The fourth-order valence-electron chi connectivity index (χ4n) is 3.71. The second kappa shape index (κ2) is 12.2. The number of carbonyl (C=O) groups excluding carboxylic acids is 2. The van der Waals surface area contributed by atoms with Gasteiger partial charge in [0.2, 0.25) is 5.91 Å². The molecule has 7 heteroatoms. The number of aromatic nitrogens is 2. The predicted molar refractivity (Wildman–Crippen MR) is 133 cm³/mol. The third-order valence-corrected chi connectivity index (χ3v) is 5.49. The minimum absolute atomic E-state index is 0.135. The Hall–Kier alpha value is -4.39. The molecule has 0 saturated carbocycles. The molecule has 35 heavy (non-hydrogen) atoms. The number of hydrogen-bond donors (Lipinski definition) is 2. The molecule has 0 radical (unpaired) electrons. The van der Waals surface area contributed by atoms with Gasteiger partial charge in [0.15, 0.2) is 0 Å². The number of ether oxygens (including phenoxy) is 1. The van der Waals surface area contributed by atoms with Crippen LogP contribution in [0, 0.1) is 0 Å². The van der Waals surface area contributed by atoms with Gasteiger partial charge in [-0.2, -0.15) is 0 Å². The van der Waals surface area contributed by atoms with Gasteiger partial charge in [-0.05, 0) is 22.3 Å². The summed E-state index contributed by atoms with van der Waals surface area (Å²) >= 11 is 0. The summed E-state index contributed by atoms with van der Waals surface area (Å²) < 4.78 is 7.32. The lowest BCUT2D eigenvalue weighted by atomic mass is 10.1. The maximum Gasteiger partial charge on any atom is 0.408 e. The average Bonchev–Trinajstić information content (AvgIpc) is 3.40. The predicted octanol–water partition coefficient (Wildman–Crippen LogP) is 4.09. The van der Waals surface area contributed by atoms with Crippen LogP contribution in [0.3, 0.4) is 0 Å². The zero-order valence-corrected chi connectivity index (χ0v) is 19.3. The molecule has 0 aliphatic heterocycles. The lowest BCUT2D eigenvalue weighted by Crippen LogP contribution is -2.48. The molecule has 0 aliphatic carbocycles. The van der Waals surface area contributed by atoms with Crippen LogP contribution in [0.25, 0.3) is 0 Å². The number of benzene rings is 3. The first kappa shape index (κ1) is 23.8. The van der Waals surface area contributed by atoms with Crippen molar-refractivity contribution >= 4 is 12.0 Å². The van der Waals surface area contributed by atoms with Gasteiger partial charge < -0.3 is 19.9 Å². The number of alkyl carbamates (subject to hydrolysis) is 1. The van der Waals surface area contributed by atoms with E-state index in [4.69, 9.17) is 4.74 Å². The molecule has 2 N–H and O–H groups in total. The number of amides is 2. The maximum absolute atomic E-state index is 13.1. The first-order valence-electron chi connectivity index (χ1n) is 11.5. The number of imidazole rings is 1. The Morgan fingerprint density at radius 2 is 1.54 bits per heavy atom. The van der Waals surface area contributed by atoms with Gasteiger partial charge in [0.1, 0.15) is 12.6 Å². The summed E-state index contributed by atoms with van der Waals surface area (Å²) in [6.07, 6.45) is 5.14. The van der Waals surface area contributed by atoms with Crippen LogP contribution in [0.4, 0.5) is 4.79 Å². The summed E-state index contributed by atoms with van der Waals surface area (Å²) in [5, 5.41) is 5.69. The highest BCUT2D eigenvalue weighted by atomic mass is 16.5. The smallest absolute Gasteiger partial charge is 0.408 e. The summed E-state index contributed by atoms with van der Waals surface area (Å²) in [5.74, 6) is -0.273. The van der Waals surface area contributed by atoms with E-state index >= 15 is 0 Å². The third kappa shape index (κ3) is 7.57. The molecule has 1 atom stereocenters. The van der Waals surface area contributed by atoms with E-state index in [1.807, 2.05) is 95.7 Å². The van der Waals surface area contributed by atoms with Crippen LogP contribution in [0.1, 0.15) is 22.3 Å². The molecular formula is C28H28N4O3. The number of nitrogens with zero attached hydrogens (tertiary/aromatic N) is 2. The van der Waals surface area contributed by atoms with Gasteiger partial charge in [-0.1, -0.05) is 84.9 Å². The zero-order valence-electron chi connectivity index (χ0n) is 19.3. The molecule has 2 amide bonds. The van der Waals surface area contributed by atoms with E-state index in [1.54, 1.807) is 12.5 Å². The number of hydrogen-bond acceptors (Lipinski definition) is 4. The Labute approximate surface area is 204 Å². The minimum atomic E-state index is -0.769. The highest BCUT2D eigenvalue weighted by Crippen LogP contribution is 2.09. The van der Waals surface area contributed by atoms with Crippen molar-refractivity contribution in [3.8, 4) is 0 Å². The van der Waals surface area contributed by atoms with Crippen LogP contribution in [-0.2, 0) is 35.6 Å². The summed E-state index contributed by atoms with van der Waals surface area (Å²) in [6.45, 7) is 1.19. The van der Waals surface area contributed by atoms with Crippen LogP contribution in [0.5, 0.6) is 0 Å².